The summed E-state index contributed by atoms with van der Waals surface area (Å²) in [5, 5.41) is 2.82. The second-order valence-corrected chi connectivity index (χ2v) is 11.5. The molecule has 6 nitrogen and oxygen atoms in total. The van der Waals surface area contributed by atoms with Gasteiger partial charge in [0.15, 0.2) is 0 Å². The molecule has 1 heterocycles. The zero-order valence-corrected chi connectivity index (χ0v) is 23.0. The van der Waals surface area contributed by atoms with Crippen LogP contribution in [0.15, 0.2) is 65.6 Å². The molecule has 3 aromatic carbocycles. The number of nitrogens with zero attached hydrogens (tertiary/aromatic N) is 1. The van der Waals surface area contributed by atoms with Crippen LogP contribution in [-0.4, -0.2) is 33.5 Å². The fraction of sp³-hybridized carbons (Fsp3) is 0.250. The van der Waals surface area contributed by atoms with Crippen LogP contribution in [0.5, 0.6) is 5.75 Å². The third kappa shape index (κ3) is 6.42. The Bertz CT molecular complexity index is 1550. The van der Waals surface area contributed by atoms with Gasteiger partial charge in [-0.25, -0.2) is 12.8 Å². The number of alkyl halides is 3. The molecule has 0 radical (unpaired) electrons. The predicted octanol–water partition coefficient (Wildman–Crippen LogP) is 6.54. The fourth-order valence-electron chi connectivity index (χ4n) is 4.36. The van der Waals surface area contributed by atoms with E-state index in [4.69, 9.17) is 16.3 Å². The van der Waals surface area contributed by atoms with Gasteiger partial charge >= 0.3 is 6.18 Å². The number of hydrogen-bond donors (Lipinski definition) is 1. The summed E-state index contributed by atoms with van der Waals surface area (Å²) in [6, 6.07) is 12.5. The summed E-state index contributed by atoms with van der Waals surface area (Å²) in [4.78, 5) is 10.8. The van der Waals surface area contributed by atoms with E-state index in [2.05, 4.69) is 5.32 Å². The summed E-state index contributed by atoms with van der Waals surface area (Å²) in [6.07, 6.45) is -3.57. The van der Waals surface area contributed by atoms with Crippen molar-refractivity contribution in [3.63, 3.8) is 0 Å². The first kappa shape index (κ1) is 29.4. The lowest BCUT2D eigenvalue weighted by atomic mass is 10.0. The first-order valence-electron chi connectivity index (χ1n) is 12.1. The van der Waals surface area contributed by atoms with E-state index in [9.17, 15) is 30.8 Å². The number of allylic oxidation sites excluding steroid dienone is 1. The second-order valence-electron chi connectivity index (χ2n) is 9.22. The molecule has 0 saturated heterocycles. The molecule has 212 valence electrons. The molecule has 0 unspecified atom stereocenters. The number of carbonyl (C=O) groups excluding carboxylic acids is 1. The topological polar surface area (TPSA) is 75.7 Å². The fourth-order valence-corrected chi connectivity index (χ4v) is 6.22. The molecular weight excluding hydrogens is 572 g/mol. The molecule has 0 spiro atoms. The number of amides is 1. The van der Waals surface area contributed by atoms with E-state index in [0.29, 0.717) is 17.2 Å². The van der Waals surface area contributed by atoms with Gasteiger partial charge in [0, 0.05) is 25.5 Å². The summed E-state index contributed by atoms with van der Waals surface area (Å²) in [5.74, 6) is -0.613. The van der Waals surface area contributed by atoms with Gasteiger partial charge in [-0.15, -0.1) is 0 Å². The molecule has 12 heteroatoms. The third-order valence-electron chi connectivity index (χ3n) is 6.24. The van der Waals surface area contributed by atoms with Crippen molar-refractivity contribution in [3.05, 3.63) is 88.2 Å². The van der Waals surface area contributed by atoms with Crippen LogP contribution < -0.4 is 14.4 Å². The quantitative estimate of drug-likeness (QED) is 0.248. The smallest absolute Gasteiger partial charge is 0.416 e. The van der Waals surface area contributed by atoms with Gasteiger partial charge in [-0.3, -0.25) is 9.10 Å². The summed E-state index contributed by atoms with van der Waals surface area (Å²) in [5.41, 5.74) is 0.151. The van der Waals surface area contributed by atoms with E-state index >= 15 is 0 Å². The van der Waals surface area contributed by atoms with Gasteiger partial charge in [-0.1, -0.05) is 35.9 Å². The van der Waals surface area contributed by atoms with Crippen molar-refractivity contribution in [2.24, 2.45) is 0 Å². The van der Waals surface area contributed by atoms with E-state index < -0.39 is 38.6 Å². The maximum Gasteiger partial charge on any atom is 0.416 e. The molecule has 3 aromatic rings. The largest absolute Gasteiger partial charge is 0.486 e. The Morgan fingerprint density at radius 1 is 1.12 bits per heavy atom. The Morgan fingerprint density at radius 3 is 2.52 bits per heavy atom. The van der Waals surface area contributed by atoms with E-state index in [1.54, 1.807) is 25.1 Å². The summed E-state index contributed by atoms with van der Waals surface area (Å²) in [7, 11) is -4.48. The molecule has 1 aliphatic heterocycles. The normalized spacial score (nSPS) is 15.8. The lowest BCUT2D eigenvalue weighted by Crippen LogP contribution is -2.44. The van der Waals surface area contributed by atoms with Crippen LogP contribution in [0.2, 0.25) is 5.02 Å². The molecule has 1 amide bonds. The molecule has 0 aliphatic carbocycles. The van der Waals surface area contributed by atoms with E-state index in [0.717, 1.165) is 22.5 Å². The number of benzene rings is 3. The van der Waals surface area contributed by atoms with Crippen molar-refractivity contribution >= 4 is 44.9 Å². The van der Waals surface area contributed by atoms with E-state index in [1.807, 2.05) is 0 Å². The van der Waals surface area contributed by atoms with Crippen LogP contribution in [0.1, 0.15) is 37.0 Å². The van der Waals surface area contributed by atoms with Crippen molar-refractivity contribution in [2.75, 3.05) is 17.4 Å². The van der Waals surface area contributed by atoms with Crippen molar-refractivity contribution in [1.29, 1.82) is 0 Å². The molecule has 0 fully saturated rings. The van der Waals surface area contributed by atoms with Crippen LogP contribution in [0.25, 0.3) is 11.6 Å². The average Bonchev–Trinajstić information content (AvgIpc) is 2.87. The van der Waals surface area contributed by atoms with Gasteiger partial charge in [0.1, 0.15) is 17.7 Å². The highest BCUT2D eigenvalue weighted by atomic mass is 35.5. The number of halogens is 5. The number of ether oxygens (including phenoxy) is 1. The maximum absolute atomic E-state index is 14.5. The number of anilines is 1. The Labute approximate surface area is 234 Å². The van der Waals surface area contributed by atoms with E-state index in [1.165, 1.54) is 31.2 Å². The summed E-state index contributed by atoms with van der Waals surface area (Å²) in [6.45, 7) is 2.98. The zero-order valence-electron chi connectivity index (χ0n) is 21.4. The minimum atomic E-state index is -4.74. The first-order valence-corrected chi connectivity index (χ1v) is 14.0. The van der Waals surface area contributed by atoms with Crippen LogP contribution in [0, 0.1) is 5.82 Å². The Morgan fingerprint density at radius 2 is 1.85 bits per heavy atom. The van der Waals surface area contributed by atoms with Gasteiger partial charge < -0.3 is 10.1 Å². The Hall–Kier alpha value is -3.57. The molecule has 0 saturated carbocycles. The van der Waals surface area contributed by atoms with Crippen molar-refractivity contribution in [1.82, 2.24) is 5.32 Å². The second kappa shape index (κ2) is 11.5. The van der Waals surface area contributed by atoms with Gasteiger partial charge in [0.05, 0.1) is 27.7 Å². The zero-order chi connectivity index (χ0) is 29.2. The average molecular weight is 597 g/mol. The summed E-state index contributed by atoms with van der Waals surface area (Å²) < 4.78 is 89.1. The molecule has 40 heavy (non-hydrogen) atoms. The molecule has 4 rings (SSSR count). The number of hydrogen-bond acceptors (Lipinski definition) is 4. The monoisotopic (exact) mass is 596 g/mol. The molecule has 1 atom stereocenters. The van der Waals surface area contributed by atoms with Crippen molar-refractivity contribution in [2.45, 2.75) is 37.4 Å². The third-order valence-corrected chi connectivity index (χ3v) is 8.34. The molecule has 1 aliphatic rings. The summed E-state index contributed by atoms with van der Waals surface area (Å²) >= 11 is 6.18. The first-order chi connectivity index (χ1) is 18.8. The molecule has 0 bridgehead atoms. The van der Waals surface area contributed by atoms with E-state index in [-0.39, 0.29) is 47.4 Å². The molecule has 1 N–H and O–H groups in total. The standard InChI is InChI=1S/C28H25ClF4N2O4S/c1-17(27-23(29)7-4-8-24(27)30)13-19-9-10-26-25(14-19)35(16-21(39-26)11-12-34-18(2)36)40(37,38)22-6-3-5-20(15-22)28(31,32)33/h3-10,13-15,21H,11-12,16H2,1-2H3,(H,34,36)/t21-/m0/s1. The minimum absolute atomic E-state index is 0.106. The number of fused-ring (bicyclic) bond motifs is 1. The highest BCUT2D eigenvalue weighted by molar-refractivity contribution is 7.92. The number of nitrogens with one attached hydrogen (secondary N) is 1. The van der Waals surface area contributed by atoms with Gasteiger partial charge in [-0.2, -0.15) is 13.2 Å². The highest BCUT2D eigenvalue weighted by Crippen LogP contribution is 2.40. The lowest BCUT2D eigenvalue weighted by Gasteiger charge is -2.36. The van der Waals surface area contributed by atoms with Crippen LogP contribution in [-0.2, 0) is 21.0 Å². The van der Waals surface area contributed by atoms with Crippen molar-refractivity contribution in [3.8, 4) is 5.75 Å². The Kier molecular flexibility index (Phi) is 8.46. The number of carbonyl (C=O) groups is 1. The minimum Gasteiger partial charge on any atom is -0.486 e. The number of sulfonamides is 1. The highest BCUT2D eigenvalue weighted by Gasteiger charge is 2.37. The maximum atomic E-state index is 14.5. The SMILES string of the molecule is CC(=O)NCC[C@H]1CN(S(=O)(=O)c2cccc(C(F)(F)F)c2)c2cc(C=C(C)c3c(F)cccc3Cl)ccc2O1. The number of rotatable bonds is 7. The molecule has 0 aromatic heterocycles. The lowest BCUT2D eigenvalue weighted by molar-refractivity contribution is -0.137. The molecular formula is C28H25ClF4N2O4S. The van der Waals surface area contributed by atoms with Gasteiger partial charge in [0.2, 0.25) is 5.91 Å². The van der Waals surface area contributed by atoms with Gasteiger partial charge in [-0.05, 0) is 60.5 Å². The van der Waals surface area contributed by atoms with Crippen LogP contribution in [0.3, 0.4) is 0 Å². The van der Waals surface area contributed by atoms with Crippen molar-refractivity contribution < 1.29 is 35.5 Å². The predicted molar refractivity (Wildman–Crippen MR) is 145 cm³/mol. The van der Waals surface area contributed by atoms with Gasteiger partial charge in [0.25, 0.3) is 10.0 Å². The Balaban J connectivity index is 1.78. The van der Waals surface area contributed by atoms with Crippen LogP contribution >= 0.6 is 11.6 Å². The van der Waals surface area contributed by atoms with Crippen LogP contribution in [0.4, 0.5) is 23.2 Å².